The number of hydrogen-bond acceptors (Lipinski definition) is 3. The minimum absolute atomic E-state index is 0.598. The van der Waals surface area contributed by atoms with Gasteiger partial charge in [0.25, 0.3) is 0 Å². The third-order valence-corrected chi connectivity index (χ3v) is 3.94. The van der Waals surface area contributed by atoms with Crippen LogP contribution >= 0.6 is 11.3 Å². The number of rotatable bonds is 6. The van der Waals surface area contributed by atoms with E-state index in [1.54, 1.807) is 11.3 Å². The lowest BCUT2D eigenvalue weighted by Crippen LogP contribution is -2.27. The lowest BCUT2D eigenvalue weighted by atomic mass is 10.1. The van der Waals surface area contributed by atoms with Crippen molar-refractivity contribution in [2.45, 2.75) is 39.3 Å². The van der Waals surface area contributed by atoms with Gasteiger partial charge in [-0.2, -0.15) is 5.10 Å². The van der Waals surface area contributed by atoms with Crippen molar-refractivity contribution in [3.63, 3.8) is 0 Å². The number of thiophene rings is 1. The number of H-pyrrole nitrogens is 1. The summed E-state index contributed by atoms with van der Waals surface area (Å²) in [4.78, 5) is 1.25. The van der Waals surface area contributed by atoms with Crippen molar-refractivity contribution in [3.8, 4) is 10.6 Å². The molecule has 2 rings (SSSR count). The van der Waals surface area contributed by atoms with Crippen LogP contribution in [-0.4, -0.2) is 16.2 Å². The smallest absolute Gasteiger partial charge is 0.0794 e. The van der Waals surface area contributed by atoms with Gasteiger partial charge in [-0.05, 0) is 24.3 Å². The fourth-order valence-electron chi connectivity index (χ4n) is 1.91. The molecule has 2 N–H and O–H groups in total. The molecule has 0 atom stereocenters. The van der Waals surface area contributed by atoms with Crippen molar-refractivity contribution in [1.29, 1.82) is 0 Å². The molecule has 2 aromatic rings. The van der Waals surface area contributed by atoms with Crippen LogP contribution in [0, 0.1) is 0 Å². The molecule has 0 fully saturated rings. The lowest BCUT2D eigenvalue weighted by molar-refractivity contribution is 0.484. The van der Waals surface area contributed by atoms with Gasteiger partial charge < -0.3 is 5.32 Å². The van der Waals surface area contributed by atoms with Crippen molar-refractivity contribution in [2.24, 2.45) is 0 Å². The van der Waals surface area contributed by atoms with Crippen molar-refractivity contribution in [1.82, 2.24) is 15.5 Å². The highest BCUT2D eigenvalue weighted by atomic mass is 32.1. The number of hydrogen-bond donors (Lipinski definition) is 2. The Morgan fingerprint density at radius 1 is 1.41 bits per heavy atom. The maximum absolute atomic E-state index is 4.15. The first kappa shape index (κ1) is 12.3. The predicted molar refractivity (Wildman–Crippen MR) is 73.1 cm³/mol. The van der Waals surface area contributed by atoms with Gasteiger partial charge in [-0.15, -0.1) is 11.3 Å². The standard InChI is InChI=1S/C13H19N3S/c1-3-11(4-2)14-8-10-9-15-16-13(10)12-6-5-7-17-12/h5-7,9,11,14H,3-4,8H2,1-2H3,(H,15,16). The average molecular weight is 249 g/mol. The van der Waals surface area contributed by atoms with Crippen LogP contribution in [-0.2, 0) is 6.54 Å². The van der Waals surface area contributed by atoms with Crippen LogP contribution in [0.15, 0.2) is 23.7 Å². The van der Waals surface area contributed by atoms with E-state index in [1.807, 2.05) is 6.20 Å². The molecule has 2 aromatic heterocycles. The van der Waals surface area contributed by atoms with Crippen LogP contribution < -0.4 is 5.32 Å². The van der Waals surface area contributed by atoms with Crippen molar-refractivity contribution < 1.29 is 0 Å². The third-order valence-electron chi connectivity index (χ3n) is 3.05. The lowest BCUT2D eigenvalue weighted by Gasteiger charge is -2.14. The van der Waals surface area contributed by atoms with E-state index in [2.05, 4.69) is 46.9 Å². The topological polar surface area (TPSA) is 40.7 Å². The Morgan fingerprint density at radius 3 is 2.88 bits per heavy atom. The summed E-state index contributed by atoms with van der Waals surface area (Å²) in [5.74, 6) is 0. The SMILES string of the molecule is CCC(CC)NCc1cn[nH]c1-c1cccs1. The molecule has 0 bridgehead atoms. The van der Waals surface area contributed by atoms with E-state index < -0.39 is 0 Å². The van der Waals surface area contributed by atoms with Gasteiger partial charge in [0.2, 0.25) is 0 Å². The summed E-state index contributed by atoms with van der Waals surface area (Å²) in [6.45, 7) is 5.32. The first-order chi connectivity index (χ1) is 8.35. The summed E-state index contributed by atoms with van der Waals surface area (Å²) >= 11 is 1.74. The van der Waals surface area contributed by atoms with Crippen LogP contribution in [0.1, 0.15) is 32.3 Å². The predicted octanol–water partition coefficient (Wildman–Crippen LogP) is 3.42. The van der Waals surface area contributed by atoms with Crippen LogP contribution in [0.3, 0.4) is 0 Å². The molecule has 0 saturated carbocycles. The zero-order valence-corrected chi connectivity index (χ0v) is 11.2. The van der Waals surface area contributed by atoms with Crippen LogP contribution in [0.4, 0.5) is 0 Å². The quantitative estimate of drug-likeness (QED) is 0.823. The van der Waals surface area contributed by atoms with Crippen molar-refractivity contribution >= 4 is 11.3 Å². The first-order valence-electron chi connectivity index (χ1n) is 6.14. The second-order valence-corrected chi connectivity index (χ2v) is 5.09. The molecule has 2 heterocycles. The molecule has 3 nitrogen and oxygen atoms in total. The third kappa shape index (κ3) is 2.96. The second kappa shape index (κ2) is 5.98. The van der Waals surface area contributed by atoms with Gasteiger partial charge in [0.15, 0.2) is 0 Å². The van der Waals surface area contributed by atoms with Crippen LogP contribution in [0.2, 0.25) is 0 Å². The number of aromatic amines is 1. The van der Waals surface area contributed by atoms with Gasteiger partial charge in [0, 0.05) is 18.2 Å². The highest BCUT2D eigenvalue weighted by Crippen LogP contribution is 2.25. The molecule has 17 heavy (non-hydrogen) atoms. The molecule has 4 heteroatoms. The monoisotopic (exact) mass is 249 g/mol. The normalized spacial score (nSPS) is 11.2. The van der Waals surface area contributed by atoms with Crippen LogP contribution in [0.25, 0.3) is 10.6 Å². The molecule has 0 amide bonds. The molecular weight excluding hydrogens is 230 g/mol. The van der Waals surface area contributed by atoms with Gasteiger partial charge in [-0.25, -0.2) is 0 Å². The number of nitrogens with one attached hydrogen (secondary N) is 2. The molecule has 0 saturated heterocycles. The van der Waals surface area contributed by atoms with Gasteiger partial charge >= 0.3 is 0 Å². The Hall–Kier alpha value is -1.13. The Morgan fingerprint density at radius 2 is 2.24 bits per heavy atom. The summed E-state index contributed by atoms with van der Waals surface area (Å²) in [6.07, 6.45) is 4.26. The molecule has 0 unspecified atom stereocenters. The molecule has 0 spiro atoms. The van der Waals surface area contributed by atoms with Crippen molar-refractivity contribution in [3.05, 3.63) is 29.3 Å². The average Bonchev–Trinajstić information content (AvgIpc) is 3.00. The minimum Gasteiger partial charge on any atom is -0.310 e. The summed E-state index contributed by atoms with van der Waals surface area (Å²) < 4.78 is 0. The number of aromatic nitrogens is 2. The molecule has 0 aliphatic rings. The van der Waals surface area contributed by atoms with E-state index >= 15 is 0 Å². The molecule has 0 aromatic carbocycles. The zero-order chi connectivity index (χ0) is 12.1. The number of nitrogens with zero attached hydrogens (tertiary/aromatic N) is 1. The van der Waals surface area contributed by atoms with E-state index in [0.29, 0.717) is 6.04 Å². The van der Waals surface area contributed by atoms with E-state index in [4.69, 9.17) is 0 Å². The maximum Gasteiger partial charge on any atom is 0.0794 e. The first-order valence-corrected chi connectivity index (χ1v) is 7.02. The van der Waals surface area contributed by atoms with Gasteiger partial charge in [-0.1, -0.05) is 19.9 Å². The Balaban J connectivity index is 2.05. The Bertz CT molecular complexity index is 429. The summed E-state index contributed by atoms with van der Waals surface area (Å²) in [5.41, 5.74) is 2.40. The minimum atomic E-state index is 0.598. The van der Waals surface area contributed by atoms with E-state index in [1.165, 1.54) is 23.3 Å². The molecule has 0 aliphatic carbocycles. The summed E-state index contributed by atoms with van der Waals surface area (Å²) in [5, 5.41) is 12.9. The van der Waals surface area contributed by atoms with E-state index in [0.717, 1.165) is 12.2 Å². The molecule has 0 radical (unpaired) electrons. The highest BCUT2D eigenvalue weighted by Gasteiger charge is 2.09. The van der Waals surface area contributed by atoms with E-state index in [9.17, 15) is 0 Å². The van der Waals surface area contributed by atoms with Gasteiger partial charge in [0.05, 0.1) is 16.8 Å². The largest absolute Gasteiger partial charge is 0.310 e. The fourth-order valence-corrected chi connectivity index (χ4v) is 2.67. The van der Waals surface area contributed by atoms with E-state index in [-0.39, 0.29) is 0 Å². The summed E-state index contributed by atoms with van der Waals surface area (Å²) in [6, 6.07) is 4.79. The van der Waals surface area contributed by atoms with Crippen molar-refractivity contribution in [2.75, 3.05) is 0 Å². The van der Waals surface area contributed by atoms with Crippen LogP contribution in [0.5, 0.6) is 0 Å². The Labute approximate surface area is 106 Å². The van der Waals surface area contributed by atoms with Gasteiger partial charge in [0.1, 0.15) is 0 Å². The second-order valence-electron chi connectivity index (χ2n) is 4.14. The molecule has 92 valence electrons. The highest BCUT2D eigenvalue weighted by molar-refractivity contribution is 7.13. The Kier molecular flexibility index (Phi) is 4.34. The fraction of sp³-hybridized carbons (Fsp3) is 0.462. The zero-order valence-electron chi connectivity index (χ0n) is 10.4. The summed E-state index contributed by atoms with van der Waals surface area (Å²) in [7, 11) is 0. The molecular formula is C13H19N3S. The maximum atomic E-state index is 4.15. The van der Waals surface area contributed by atoms with Gasteiger partial charge in [-0.3, -0.25) is 5.10 Å². The molecule has 0 aliphatic heterocycles.